The molecule has 0 spiro atoms. The topological polar surface area (TPSA) is 59.1 Å². The second-order valence-electron chi connectivity index (χ2n) is 6.30. The van der Waals surface area contributed by atoms with Crippen molar-refractivity contribution in [1.29, 1.82) is 0 Å². The fraction of sp³-hybridized carbons (Fsp3) is 0.333. The third-order valence-corrected chi connectivity index (χ3v) is 4.54. The van der Waals surface area contributed by atoms with Gasteiger partial charge in [-0.2, -0.15) is 0 Å². The van der Waals surface area contributed by atoms with Crippen molar-refractivity contribution >= 4 is 12.0 Å². The number of ether oxygens (including phenoxy) is 2. The molecule has 27 heavy (non-hydrogen) atoms. The lowest BCUT2D eigenvalue weighted by Crippen LogP contribution is -2.52. The first-order valence-electron chi connectivity index (χ1n) is 9.17. The van der Waals surface area contributed by atoms with Crippen LogP contribution in [0.1, 0.15) is 12.5 Å². The minimum Gasteiger partial charge on any atom is -0.483 e. The van der Waals surface area contributed by atoms with Crippen LogP contribution in [-0.4, -0.2) is 54.6 Å². The number of aryl methyl sites for hydroxylation is 1. The molecule has 1 fully saturated rings. The number of piperazine rings is 1. The first kappa shape index (κ1) is 18.8. The van der Waals surface area contributed by atoms with Gasteiger partial charge in [-0.05, 0) is 30.2 Å². The van der Waals surface area contributed by atoms with Crippen LogP contribution in [0.5, 0.6) is 11.5 Å². The molecular weight excluding hydrogens is 344 g/mol. The maximum Gasteiger partial charge on any atom is 0.415 e. The van der Waals surface area contributed by atoms with E-state index >= 15 is 0 Å². The van der Waals surface area contributed by atoms with Crippen LogP contribution in [0.3, 0.4) is 0 Å². The van der Waals surface area contributed by atoms with Gasteiger partial charge >= 0.3 is 6.09 Å². The normalized spacial score (nSPS) is 14.0. The van der Waals surface area contributed by atoms with Gasteiger partial charge in [0.1, 0.15) is 11.5 Å². The van der Waals surface area contributed by atoms with Gasteiger partial charge in [-0.3, -0.25) is 4.79 Å². The highest BCUT2D eigenvalue weighted by molar-refractivity contribution is 5.78. The highest BCUT2D eigenvalue weighted by Crippen LogP contribution is 2.18. The average Bonchev–Trinajstić information content (AvgIpc) is 2.73. The van der Waals surface area contributed by atoms with Crippen molar-refractivity contribution in [2.24, 2.45) is 0 Å². The lowest BCUT2D eigenvalue weighted by atomic mass is 10.1. The van der Waals surface area contributed by atoms with E-state index in [4.69, 9.17) is 9.47 Å². The van der Waals surface area contributed by atoms with Crippen LogP contribution in [0.15, 0.2) is 54.6 Å². The Morgan fingerprint density at radius 1 is 0.889 bits per heavy atom. The molecule has 3 rings (SSSR count). The molecule has 2 amide bonds. The van der Waals surface area contributed by atoms with E-state index in [2.05, 4.69) is 6.92 Å². The summed E-state index contributed by atoms with van der Waals surface area (Å²) < 4.78 is 11.0. The fourth-order valence-corrected chi connectivity index (χ4v) is 2.96. The lowest BCUT2D eigenvalue weighted by Gasteiger charge is -2.34. The van der Waals surface area contributed by atoms with Gasteiger partial charge in [0.05, 0.1) is 0 Å². The number of nitrogens with zero attached hydrogens (tertiary/aromatic N) is 2. The molecule has 1 aliphatic heterocycles. The second-order valence-corrected chi connectivity index (χ2v) is 6.30. The third kappa shape index (κ3) is 5.00. The number of rotatable bonds is 5. The van der Waals surface area contributed by atoms with E-state index in [0.29, 0.717) is 31.9 Å². The second kappa shape index (κ2) is 9.07. The Kier molecular flexibility index (Phi) is 6.30. The maximum absolute atomic E-state index is 12.4. The largest absolute Gasteiger partial charge is 0.483 e. The SMILES string of the molecule is CCc1ccccc1OCC(=O)N1CCN(C(=O)Oc2ccccc2)CC1. The van der Waals surface area contributed by atoms with E-state index in [0.717, 1.165) is 17.7 Å². The number of benzene rings is 2. The molecule has 0 unspecified atom stereocenters. The summed E-state index contributed by atoms with van der Waals surface area (Å²) in [5.41, 5.74) is 1.08. The zero-order chi connectivity index (χ0) is 19.1. The summed E-state index contributed by atoms with van der Waals surface area (Å²) in [5.74, 6) is 1.19. The zero-order valence-corrected chi connectivity index (χ0v) is 15.5. The Balaban J connectivity index is 1.45. The van der Waals surface area contributed by atoms with Gasteiger partial charge in [0, 0.05) is 26.2 Å². The summed E-state index contributed by atoms with van der Waals surface area (Å²) in [6, 6.07) is 16.7. The Bertz CT molecular complexity index is 771. The third-order valence-electron chi connectivity index (χ3n) is 4.54. The first-order chi connectivity index (χ1) is 13.2. The van der Waals surface area contributed by atoms with Crippen LogP contribution in [-0.2, 0) is 11.2 Å². The van der Waals surface area contributed by atoms with Gasteiger partial charge in [-0.1, -0.05) is 43.3 Å². The van der Waals surface area contributed by atoms with Gasteiger partial charge in [0.2, 0.25) is 0 Å². The van der Waals surface area contributed by atoms with Crippen LogP contribution in [0.25, 0.3) is 0 Å². The van der Waals surface area contributed by atoms with Crippen LogP contribution in [0, 0.1) is 0 Å². The molecule has 0 bridgehead atoms. The molecular formula is C21H24N2O4. The zero-order valence-electron chi connectivity index (χ0n) is 15.5. The Labute approximate surface area is 159 Å². The first-order valence-corrected chi connectivity index (χ1v) is 9.17. The van der Waals surface area contributed by atoms with Crippen LogP contribution >= 0.6 is 0 Å². The number of hydrogen-bond acceptors (Lipinski definition) is 4. The van der Waals surface area contributed by atoms with E-state index in [1.807, 2.05) is 42.5 Å². The summed E-state index contributed by atoms with van der Waals surface area (Å²) in [6.07, 6.45) is 0.466. The molecule has 1 heterocycles. The van der Waals surface area contributed by atoms with Crippen molar-refractivity contribution in [3.05, 3.63) is 60.2 Å². The number of carbonyl (C=O) groups excluding carboxylic acids is 2. The van der Waals surface area contributed by atoms with E-state index in [9.17, 15) is 9.59 Å². The maximum atomic E-state index is 12.4. The average molecular weight is 368 g/mol. The smallest absolute Gasteiger partial charge is 0.415 e. The molecule has 0 saturated carbocycles. The molecule has 142 valence electrons. The molecule has 2 aromatic rings. The Hall–Kier alpha value is -3.02. The van der Waals surface area contributed by atoms with Crippen molar-refractivity contribution in [3.8, 4) is 11.5 Å². The molecule has 6 nitrogen and oxygen atoms in total. The summed E-state index contributed by atoms with van der Waals surface area (Å²) in [5, 5.41) is 0. The van der Waals surface area contributed by atoms with Crippen molar-refractivity contribution in [3.63, 3.8) is 0 Å². The molecule has 0 N–H and O–H groups in total. The summed E-state index contributed by atoms with van der Waals surface area (Å²) in [4.78, 5) is 27.9. The predicted molar refractivity (Wildman–Crippen MR) is 102 cm³/mol. The van der Waals surface area contributed by atoms with E-state index in [-0.39, 0.29) is 18.6 Å². The van der Waals surface area contributed by atoms with Crippen LogP contribution < -0.4 is 9.47 Å². The summed E-state index contributed by atoms with van der Waals surface area (Å²) in [6.45, 7) is 3.90. The van der Waals surface area contributed by atoms with Crippen LogP contribution in [0.2, 0.25) is 0 Å². The molecule has 1 saturated heterocycles. The number of amides is 2. The van der Waals surface area contributed by atoms with E-state index < -0.39 is 0 Å². The highest BCUT2D eigenvalue weighted by atomic mass is 16.6. The standard InChI is InChI=1S/C21H24N2O4/c1-2-17-8-6-7-11-19(17)26-16-20(24)22-12-14-23(15-13-22)21(25)27-18-9-4-3-5-10-18/h3-11H,2,12-16H2,1H3. The molecule has 1 aliphatic rings. The summed E-state index contributed by atoms with van der Waals surface area (Å²) >= 11 is 0. The molecule has 0 aromatic heterocycles. The molecule has 0 aliphatic carbocycles. The fourth-order valence-electron chi connectivity index (χ4n) is 2.96. The minimum absolute atomic E-state index is 0.00543. The minimum atomic E-state index is -0.388. The molecule has 2 aromatic carbocycles. The van der Waals surface area contributed by atoms with Crippen LogP contribution in [0.4, 0.5) is 4.79 Å². The van der Waals surface area contributed by atoms with Gasteiger partial charge in [-0.15, -0.1) is 0 Å². The monoisotopic (exact) mass is 368 g/mol. The summed E-state index contributed by atoms with van der Waals surface area (Å²) in [7, 11) is 0. The lowest BCUT2D eigenvalue weighted by molar-refractivity contribution is -0.134. The number of hydrogen-bond donors (Lipinski definition) is 0. The predicted octanol–water partition coefficient (Wildman–Crippen LogP) is 2.97. The number of carbonyl (C=O) groups is 2. The van der Waals surface area contributed by atoms with Gasteiger partial charge in [0.15, 0.2) is 6.61 Å². The van der Waals surface area contributed by atoms with Crippen molar-refractivity contribution in [2.75, 3.05) is 32.8 Å². The molecule has 6 heteroatoms. The van der Waals surface area contributed by atoms with E-state index in [1.54, 1.807) is 21.9 Å². The van der Waals surface area contributed by atoms with Gasteiger partial charge in [-0.25, -0.2) is 4.79 Å². The Morgan fingerprint density at radius 2 is 1.52 bits per heavy atom. The van der Waals surface area contributed by atoms with Gasteiger partial charge in [0.25, 0.3) is 5.91 Å². The highest BCUT2D eigenvalue weighted by Gasteiger charge is 2.25. The molecule has 0 radical (unpaired) electrons. The quantitative estimate of drug-likeness (QED) is 0.814. The van der Waals surface area contributed by atoms with Crippen molar-refractivity contribution in [1.82, 2.24) is 9.80 Å². The Morgan fingerprint density at radius 3 is 2.22 bits per heavy atom. The van der Waals surface area contributed by atoms with Crippen molar-refractivity contribution < 1.29 is 19.1 Å². The molecule has 0 atom stereocenters. The van der Waals surface area contributed by atoms with Crippen molar-refractivity contribution in [2.45, 2.75) is 13.3 Å². The van der Waals surface area contributed by atoms with E-state index in [1.165, 1.54) is 0 Å². The number of para-hydroxylation sites is 2. The van der Waals surface area contributed by atoms with Gasteiger partial charge < -0.3 is 19.3 Å².